The topological polar surface area (TPSA) is 20.2 Å². The van der Waals surface area contributed by atoms with Crippen molar-refractivity contribution in [3.63, 3.8) is 0 Å². The van der Waals surface area contributed by atoms with Crippen LogP contribution in [-0.4, -0.2) is 5.11 Å². The molecule has 0 aliphatic heterocycles. The average molecular weight is 348 g/mol. The molecule has 1 aliphatic rings. The van der Waals surface area contributed by atoms with E-state index < -0.39 is 0 Å². The summed E-state index contributed by atoms with van der Waals surface area (Å²) in [7, 11) is 0. The molecule has 1 N–H and O–H groups in total. The van der Waals surface area contributed by atoms with Gasteiger partial charge < -0.3 is 5.11 Å². The quantitative estimate of drug-likeness (QED) is 0.712. The van der Waals surface area contributed by atoms with Crippen LogP contribution in [0, 0.1) is 31.1 Å². The molecule has 1 aliphatic carbocycles. The van der Waals surface area contributed by atoms with Gasteiger partial charge in [-0.15, -0.1) is 0 Å². The number of hydrogen-bond donors (Lipinski definition) is 1. The Bertz CT molecular complexity index is 129. The molecule has 9 heavy (non-hydrogen) atoms. The van der Waals surface area contributed by atoms with E-state index in [2.05, 4.69) is 6.92 Å². The average Bonchev–Trinajstić information content (AvgIpc) is 1.77. The van der Waals surface area contributed by atoms with E-state index in [4.69, 9.17) is 5.11 Å². The SMILES string of the molecule is CC1=CC=C(O)CC1.[U]. The molecule has 0 atom stereocenters. The Morgan fingerprint density at radius 1 is 1.33 bits per heavy atom. The van der Waals surface area contributed by atoms with E-state index in [1.807, 2.05) is 6.08 Å². The molecule has 0 heterocycles. The van der Waals surface area contributed by atoms with E-state index >= 15 is 0 Å². The largest absolute Gasteiger partial charge is 0.512 e. The van der Waals surface area contributed by atoms with Gasteiger partial charge in [-0.3, -0.25) is 0 Å². The van der Waals surface area contributed by atoms with Gasteiger partial charge in [0.25, 0.3) is 0 Å². The van der Waals surface area contributed by atoms with Gasteiger partial charge in [0.1, 0.15) is 0 Å². The van der Waals surface area contributed by atoms with Crippen LogP contribution >= 0.6 is 0 Å². The molecule has 0 fully saturated rings. The summed E-state index contributed by atoms with van der Waals surface area (Å²) in [6.07, 6.45) is 5.56. The Morgan fingerprint density at radius 2 is 2.00 bits per heavy atom. The number of aliphatic hydroxyl groups excluding tert-OH is 1. The van der Waals surface area contributed by atoms with Crippen LogP contribution in [0.1, 0.15) is 19.8 Å². The molecule has 0 saturated heterocycles. The van der Waals surface area contributed by atoms with Crippen LogP contribution in [-0.2, 0) is 0 Å². The fraction of sp³-hybridized carbons (Fsp3) is 0.429. The van der Waals surface area contributed by atoms with Crippen molar-refractivity contribution < 1.29 is 36.2 Å². The maximum Gasteiger partial charge on any atom is 0.0925 e. The zero-order valence-corrected chi connectivity index (χ0v) is 9.68. The molecule has 0 spiro atoms. The summed E-state index contributed by atoms with van der Waals surface area (Å²) in [4.78, 5) is 0. The standard InChI is InChI=1S/C7H10O.U/c1-6-2-4-7(8)5-3-6;/h2,4,8H,3,5H2,1H3;. The van der Waals surface area contributed by atoms with Crippen molar-refractivity contribution in [3.05, 3.63) is 23.5 Å². The molecule has 0 aromatic rings. The number of allylic oxidation sites excluding steroid dienone is 4. The van der Waals surface area contributed by atoms with Gasteiger partial charge in [-0.1, -0.05) is 11.6 Å². The molecule has 48 valence electrons. The maximum absolute atomic E-state index is 8.84. The molecule has 1 rings (SSSR count). The molecule has 0 unspecified atom stereocenters. The minimum absolute atomic E-state index is 0. The van der Waals surface area contributed by atoms with E-state index in [0.717, 1.165) is 12.8 Å². The van der Waals surface area contributed by atoms with Crippen molar-refractivity contribution in [1.82, 2.24) is 0 Å². The van der Waals surface area contributed by atoms with Gasteiger partial charge in [-0.25, -0.2) is 0 Å². The monoisotopic (exact) mass is 348 g/mol. The van der Waals surface area contributed by atoms with E-state index in [9.17, 15) is 0 Å². The van der Waals surface area contributed by atoms with Crippen molar-refractivity contribution >= 4 is 0 Å². The first kappa shape index (κ1) is 9.33. The minimum atomic E-state index is 0. The summed E-state index contributed by atoms with van der Waals surface area (Å²) in [5.41, 5.74) is 1.35. The molecule has 0 saturated carbocycles. The summed E-state index contributed by atoms with van der Waals surface area (Å²) in [6.45, 7) is 2.07. The van der Waals surface area contributed by atoms with Crippen LogP contribution in [0.25, 0.3) is 0 Å². The van der Waals surface area contributed by atoms with Crippen molar-refractivity contribution in [2.75, 3.05) is 0 Å². The molecule has 0 amide bonds. The molecule has 0 bridgehead atoms. The van der Waals surface area contributed by atoms with Crippen molar-refractivity contribution in [2.24, 2.45) is 0 Å². The molecule has 0 aromatic carbocycles. The van der Waals surface area contributed by atoms with Crippen molar-refractivity contribution in [1.29, 1.82) is 0 Å². The Labute approximate surface area is 79.2 Å². The van der Waals surface area contributed by atoms with Gasteiger partial charge in [-0.05, 0) is 19.4 Å². The minimum Gasteiger partial charge on any atom is -0.512 e. The third-order valence-electron chi connectivity index (χ3n) is 1.34. The van der Waals surface area contributed by atoms with Crippen LogP contribution in [0.3, 0.4) is 0 Å². The third kappa shape index (κ3) is 3.13. The molecular formula is C7H10OU. The first-order valence-electron chi connectivity index (χ1n) is 2.84. The first-order chi connectivity index (χ1) is 3.79. The molecular weight excluding hydrogens is 338 g/mol. The summed E-state index contributed by atoms with van der Waals surface area (Å²) in [5.74, 6) is 0.510. The Balaban J connectivity index is 0.000000640. The van der Waals surface area contributed by atoms with E-state index in [1.165, 1.54) is 5.57 Å². The zero-order valence-electron chi connectivity index (χ0n) is 5.52. The Kier molecular flexibility index (Phi) is 4.35. The number of hydrogen-bond acceptors (Lipinski definition) is 1. The maximum atomic E-state index is 8.84. The van der Waals surface area contributed by atoms with E-state index in [0.29, 0.717) is 5.76 Å². The second-order valence-electron chi connectivity index (χ2n) is 2.17. The van der Waals surface area contributed by atoms with E-state index in [1.54, 1.807) is 6.08 Å². The van der Waals surface area contributed by atoms with Crippen molar-refractivity contribution in [3.8, 4) is 0 Å². The van der Waals surface area contributed by atoms with Gasteiger partial charge in [-0.2, -0.15) is 0 Å². The second kappa shape index (κ2) is 4.20. The fourth-order valence-electron chi connectivity index (χ4n) is 0.730. The molecule has 2 heteroatoms. The van der Waals surface area contributed by atoms with Crippen LogP contribution < -0.4 is 0 Å². The third-order valence-corrected chi connectivity index (χ3v) is 1.34. The van der Waals surface area contributed by atoms with Gasteiger partial charge in [0.15, 0.2) is 0 Å². The Hall–Kier alpha value is 0.332. The van der Waals surface area contributed by atoms with Gasteiger partial charge >= 0.3 is 0 Å². The van der Waals surface area contributed by atoms with Crippen molar-refractivity contribution in [2.45, 2.75) is 19.8 Å². The van der Waals surface area contributed by atoms with Crippen LogP contribution in [0.2, 0.25) is 0 Å². The second-order valence-corrected chi connectivity index (χ2v) is 2.17. The fourth-order valence-corrected chi connectivity index (χ4v) is 0.730. The van der Waals surface area contributed by atoms with Gasteiger partial charge in [0, 0.05) is 37.5 Å². The van der Waals surface area contributed by atoms with Crippen LogP contribution in [0.5, 0.6) is 0 Å². The predicted molar refractivity (Wildman–Crippen MR) is 33.7 cm³/mol. The smallest absolute Gasteiger partial charge is 0.0925 e. The van der Waals surface area contributed by atoms with Gasteiger partial charge in [0.2, 0.25) is 0 Å². The summed E-state index contributed by atoms with van der Waals surface area (Å²) in [6, 6.07) is 0. The number of aliphatic hydroxyl groups is 1. The first-order valence-corrected chi connectivity index (χ1v) is 2.84. The Morgan fingerprint density at radius 3 is 2.33 bits per heavy atom. The molecule has 0 radical (unpaired) electrons. The summed E-state index contributed by atoms with van der Waals surface area (Å²) < 4.78 is 0. The molecule has 0 aromatic heterocycles. The zero-order chi connectivity index (χ0) is 5.98. The summed E-state index contributed by atoms with van der Waals surface area (Å²) >= 11 is 0. The van der Waals surface area contributed by atoms with Gasteiger partial charge in [0.05, 0.1) is 5.76 Å². The molecule has 1 nitrogen and oxygen atoms in total. The predicted octanol–water partition coefficient (Wildman–Crippen LogP) is 2.17. The normalized spacial score (nSPS) is 17.4. The van der Waals surface area contributed by atoms with Crippen LogP contribution in [0.4, 0.5) is 0 Å². The van der Waals surface area contributed by atoms with E-state index in [-0.39, 0.29) is 31.1 Å². The summed E-state index contributed by atoms with van der Waals surface area (Å²) in [5, 5.41) is 8.84. The van der Waals surface area contributed by atoms with Crippen LogP contribution in [0.15, 0.2) is 23.5 Å². The number of rotatable bonds is 0.